The van der Waals surface area contributed by atoms with E-state index in [1.807, 2.05) is 24.3 Å². The van der Waals surface area contributed by atoms with E-state index in [1.54, 1.807) is 0 Å². The summed E-state index contributed by atoms with van der Waals surface area (Å²) in [6.07, 6.45) is 3.49. The number of carbonyl (C=O) groups excluding carboxylic acids is 1. The van der Waals surface area contributed by atoms with E-state index >= 15 is 0 Å². The summed E-state index contributed by atoms with van der Waals surface area (Å²) in [5.41, 5.74) is 2.13. The monoisotopic (exact) mass is 380 g/mol. The summed E-state index contributed by atoms with van der Waals surface area (Å²) in [5, 5.41) is 6.51. The van der Waals surface area contributed by atoms with Gasteiger partial charge in [0, 0.05) is 17.5 Å². The zero-order valence-corrected chi connectivity index (χ0v) is 16.6. The molecule has 1 fully saturated rings. The molecule has 2 aromatic carbocycles. The molecular formula is C23H28N2O3. The number of fused-ring (bicyclic) bond motifs is 1. The first-order valence-electron chi connectivity index (χ1n) is 9.96. The van der Waals surface area contributed by atoms with Crippen LogP contribution in [0.4, 0.5) is 0 Å². The van der Waals surface area contributed by atoms with E-state index in [0.29, 0.717) is 6.54 Å². The Labute approximate surface area is 166 Å². The highest BCUT2D eigenvalue weighted by atomic mass is 16.7. The van der Waals surface area contributed by atoms with Gasteiger partial charge in [0.1, 0.15) is 0 Å². The van der Waals surface area contributed by atoms with Gasteiger partial charge in [0.25, 0.3) is 0 Å². The number of amides is 1. The molecule has 0 spiro atoms. The average molecular weight is 380 g/mol. The molecule has 1 amide bonds. The molecule has 4 rings (SSSR count). The lowest BCUT2D eigenvalue weighted by Gasteiger charge is -2.42. The van der Waals surface area contributed by atoms with Gasteiger partial charge in [0.2, 0.25) is 12.7 Å². The molecule has 2 aliphatic rings. The molecule has 5 nitrogen and oxygen atoms in total. The molecule has 2 aromatic rings. The number of rotatable bonds is 7. The quantitative estimate of drug-likeness (QED) is 0.772. The highest BCUT2D eigenvalue weighted by Crippen LogP contribution is 2.43. The van der Waals surface area contributed by atoms with Crippen LogP contribution >= 0.6 is 0 Å². The maximum Gasteiger partial charge on any atom is 0.234 e. The first-order chi connectivity index (χ1) is 13.5. The van der Waals surface area contributed by atoms with Gasteiger partial charge in [0.15, 0.2) is 11.5 Å². The van der Waals surface area contributed by atoms with Crippen molar-refractivity contribution in [3.05, 3.63) is 59.7 Å². The van der Waals surface area contributed by atoms with Gasteiger partial charge in [-0.2, -0.15) is 0 Å². The molecule has 0 unspecified atom stereocenters. The number of carbonyl (C=O) groups is 1. The van der Waals surface area contributed by atoms with E-state index in [2.05, 4.69) is 48.7 Å². The minimum atomic E-state index is -0.355. The maximum atomic E-state index is 12.5. The number of benzene rings is 2. The third-order valence-electron chi connectivity index (χ3n) is 6.11. The van der Waals surface area contributed by atoms with Gasteiger partial charge < -0.3 is 14.8 Å². The van der Waals surface area contributed by atoms with Crippen LogP contribution in [-0.4, -0.2) is 25.8 Å². The Hall–Kier alpha value is -2.53. The topological polar surface area (TPSA) is 59.6 Å². The fraction of sp³-hybridized carbons (Fsp3) is 0.435. The van der Waals surface area contributed by atoms with Crippen LogP contribution in [0.15, 0.2) is 48.5 Å². The van der Waals surface area contributed by atoms with Crippen LogP contribution in [-0.2, 0) is 15.7 Å². The fourth-order valence-corrected chi connectivity index (χ4v) is 3.98. The SMILES string of the molecule is CC(C)(NCC(=O)NCC1(c2ccccc2)CCC1)c1ccc2c(c1)OCO2. The summed E-state index contributed by atoms with van der Waals surface area (Å²) in [4.78, 5) is 12.5. The number of hydrogen-bond donors (Lipinski definition) is 2. The van der Waals surface area contributed by atoms with Gasteiger partial charge >= 0.3 is 0 Å². The van der Waals surface area contributed by atoms with Crippen LogP contribution in [0.25, 0.3) is 0 Å². The number of hydrogen-bond acceptors (Lipinski definition) is 4. The van der Waals surface area contributed by atoms with E-state index in [1.165, 1.54) is 12.0 Å². The summed E-state index contributed by atoms with van der Waals surface area (Å²) < 4.78 is 10.8. The van der Waals surface area contributed by atoms with Crippen molar-refractivity contribution in [2.45, 2.75) is 44.1 Å². The van der Waals surface area contributed by atoms with E-state index in [0.717, 1.165) is 29.9 Å². The molecule has 1 saturated carbocycles. The summed E-state index contributed by atoms with van der Waals surface area (Å²) in [6.45, 7) is 5.36. The van der Waals surface area contributed by atoms with Crippen molar-refractivity contribution in [2.75, 3.05) is 19.9 Å². The molecule has 0 radical (unpaired) electrons. The van der Waals surface area contributed by atoms with Crippen molar-refractivity contribution in [1.29, 1.82) is 0 Å². The van der Waals surface area contributed by atoms with Crippen LogP contribution < -0.4 is 20.1 Å². The lowest BCUT2D eigenvalue weighted by Crippen LogP contribution is -2.49. The molecular weight excluding hydrogens is 352 g/mol. The summed E-state index contributed by atoms with van der Waals surface area (Å²) in [6, 6.07) is 16.4. The lowest BCUT2D eigenvalue weighted by atomic mass is 9.64. The summed E-state index contributed by atoms with van der Waals surface area (Å²) in [5.74, 6) is 1.55. The molecule has 1 aliphatic heterocycles. The van der Waals surface area contributed by atoms with Crippen LogP contribution in [0.5, 0.6) is 11.5 Å². The van der Waals surface area contributed by atoms with Crippen molar-refractivity contribution < 1.29 is 14.3 Å². The lowest BCUT2D eigenvalue weighted by molar-refractivity contribution is -0.121. The fourth-order valence-electron chi connectivity index (χ4n) is 3.98. The highest BCUT2D eigenvalue weighted by Gasteiger charge is 2.38. The molecule has 0 saturated heterocycles. The van der Waals surface area contributed by atoms with Crippen molar-refractivity contribution in [2.24, 2.45) is 0 Å². The van der Waals surface area contributed by atoms with Crippen LogP contribution in [0.2, 0.25) is 0 Å². The standard InChI is InChI=1S/C23H28N2O3/c1-22(2,18-9-10-19-20(13-18)28-16-27-19)25-14-21(26)24-15-23(11-6-12-23)17-7-4-3-5-8-17/h3-5,7-10,13,25H,6,11-12,14-16H2,1-2H3,(H,24,26). The largest absolute Gasteiger partial charge is 0.454 e. The molecule has 0 atom stereocenters. The highest BCUT2D eigenvalue weighted by molar-refractivity contribution is 5.78. The van der Waals surface area contributed by atoms with Crippen LogP contribution in [0.3, 0.4) is 0 Å². The molecule has 0 aromatic heterocycles. The molecule has 148 valence electrons. The Kier molecular flexibility index (Phi) is 5.02. The second-order valence-electron chi connectivity index (χ2n) is 8.32. The predicted molar refractivity (Wildman–Crippen MR) is 109 cm³/mol. The molecule has 5 heteroatoms. The first kappa shape index (κ1) is 18.8. The molecule has 28 heavy (non-hydrogen) atoms. The van der Waals surface area contributed by atoms with Gasteiger partial charge in [-0.15, -0.1) is 0 Å². The minimum absolute atomic E-state index is 0.0241. The van der Waals surface area contributed by atoms with Gasteiger partial charge in [-0.25, -0.2) is 0 Å². The van der Waals surface area contributed by atoms with Crippen LogP contribution in [0.1, 0.15) is 44.2 Å². The minimum Gasteiger partial charge on any atom is -0.454 e. The molecule has 1 aliphatic carbocycles. The number of ether oxygens (including phenoxy) is 2. The average Bonchev–Trinajstić information content (AvgIpc) is 3.14. The molecule has 1 heterocycles. The predicted octanol–water partition coefficient (Wildman–Crippen LogP) is 3.48. The van der Waals surface area contributed by atoms with Crippen molar-refractivity contribution in [1.82, 2.24) is 10.6 Å². The second kappa shape index (κ2) is 7.47. The second-order valence-corrected chi connectivity index (χ2v) is 8.32. The summed E-state index contributed by atoms with van der Waals surface area (Å²) >= 11 is 0. The van der Waals surface area contributed by atoms with Crippen molar-refractivity contribution >= 4 is 5.91 Å². The zero-order chi connectivity index (χ0) is 19.6. The van der Waals surface area contributed by atoms with Gasteiger partial charge in [-0.1, -0.05) is 42.8 Å². The van der Waals surface area contributed by atoms with Gasteiger partial charge in [0.05, 0.1) is 6.54 Å². The molecule has 0 bridgehead atoms. The van der Waals surface area contributed by atoms with Gasteiger partial charge in [-0.05, 0) is 49.9 Å². The third-order valence-corrected chi connectivity index (χ3v) is 6.11. The Balaban J connectivity index is 1.33. The smallest absolute Gasteiger partial charge is 0.234 e. The Morgan fingerprint density at radius 3 is 2.54 bits per heavy atom. The van der Waals surface area contributed by atoms with E-state index in [4.69, 9.17) is 9.47 Å². The zero-order valence-electron chi connectivity index (χ0n) is 16.6. The van der Waals surface area contributed by atoms with Gasteiger partial charge in [-0.3, -0.25) is 10.1 Å². The Morgan fingerprint density at radius 2 is 1.82 bits per heavy atom. The maximum absolute atomic E-state index is 12.5. The van der Waals surface area contributed by atoms with E-state index < -0.39 is 0 Å². The van der Waals surface area contributed by atoms with E-state index in [9.17, 15) is 4.79 Å². The first-order valence-corrected chi connectivity index (χ1v) is 9.96. The summed E-state index contributed by atoms with van der Waals surface area (Å²) in [7, 11) is 0. The number of nitrogens with one attached hydrogen (secondary N) is 2. The normalized spacial score (nSPS) is 17.1. The Morgan fingerprint density at radius 1 is 1.07 bits per heavy atom. The van der Waals surface area contributed by atoms with E-state index in [-0.39, 0.29) is 30.2 Å². The third kappa shape index (κ3) is 3.72. The van der Waals surface area contributed by atoms with Crippen molar-refractivity contribution in [3.8, 4) is 11.5 Å². The Bertz CT molecular complexity index is 844. The van der Waals surface area contributed by atoms with Crippen molar-refractivity contribution in [3.63, 3.8) is 0 Å². The molecule has 2 N–H and O–H groups in total. The van der Waals surface area contributed by atoms with Crippen LogP contribution in [0, 0.1) is 0 Å².